The number of carboxylic acid groups (broad SMARTS) is 1. The number of carboxylic acids is 1. The molecule has 2 aromatic rings. The predicted molar refractivity (Wildman–Crippen MR) is 90.8 cm³/mol. The third-order valence-corrected chi connectivity index (χ3v) is 5.13. The van der Waals surface area contributed by atoms with Gasteiger partial charge in [-0.2, -0.15) is 0 Å². The van der Waals surface area contributed by atoms with Crippen LogP contribution in [0.3, 0.4) is 0 Å². The topological polar surface area (TPSA) is 49.8 Å². The molecule has 24 heavy (non-hydrogen) atoms. The van der Waals surface area contributed by atoms with E-state index in [1.807, 2.05) is 12.1 Å². The maximum atomic E-state index is 11.2. The van der Waals surface area contributed by atoms with E-state index in [1.54, 1.807) is 12.1 Å². The molecule has 0 radical (unpaired) electrons. The number of rotatable bonds is 3. The number of piperidine rings is 1. The molecule has 4 heteroatoms. The normalized spacial score (nSPS) is 23.3. The maximum Gasteiger partial charge on any atom is 0.335 e. The Morgan fingerprint density at radius 2 is 2.08 bits per heavy atom. The van der Waals surface area contributed by atoms with Gasteiger partial charge in [0.25, 0.3) is 0 Å². The number of hydrogen-bond acceptors (Lipinski definition) is 3. The number of carbonyl (C=O) groups is 1. The van der Waals surface area contributed by atoms with Crippen LogP contribution in [0.4, 0.5) is 0 Å². The fourth-order valence-corrected chi connectivity index (χ4v) is 4.03. The molecule has 0 saturated carbocycles. The average Bonchev–Trinajstić information content (AvgIpc) is 2.94. The van der Waals surface area contributed by atoms with E-state index in [0.717, 1.165) is 38.0 Å². The molecule has 1 unspecified atom stereocenters. The highest BCUT2D eigenvalue weighted by molar-refractivity contribution is 5.87. The van der Waals surface area contributed by atoms with Gasteiger partial charge in [0.15, 0.2) is 0 Å². The van der Waals surface area contributed by atoms with Gasteiger partial charge in [-0.1, -0.05) is 36.4 Å². The lowest BCUT2D eigenvalue weighted by Gasteiger charge is -2.40. The molecule has 1 saturated heterocycles. The van der Waals surface area contributed by atoms with E-state index in [-0.39, 0.29) is 5.60 Å². The Bertz CT molecular complexity index is 769. The fourth-order valence-electron chi connectivity index (χ4n) is 4.03. The van der Waals surface area contributed by atoms with Gasteiger partial charge in [0.05, 0.1) is 12.2 Å². The number of ether oxygens (including phenoxy) is 1. The molecular formula is C20H21NO3. The van der Waals surface area contributed by atoms with Gasteiger partial charge in [-0.25, -0.2) is 4.79 Å². The minimum absolute atomic E-state index is 0.195. The summed E-state index contributed by atoms with van der Waals surface area (Å²) in [5.41, 5.74) is 3.82. The molecule has 1 fully saturated rings. The average molecular weight is 323 g/mol. The van der Waals surface area contributed by atoms with Crippen LogP contribution in [0.25, 0.3) is 0 Å². The SMILES string of the molecule is O=C(O)c1cccc(CN2CCCC3(C2)OCc2ccccc23)c1. The van der Waals surface area contributed by atoms with Crippen molar-refractivity contribution in [2.45, 2.75) is 31.6 Å². The highest BCUT2D eigenvalue weighted by Crippen LogP contribution is 2.42. The van der Waals surface area contributed by atoms with Crippen LogP contribution in [-0.2, 0) is 23.5 Å². The minimum Gasteiger partial charge on any atom is -0.478 e. The van der Waals surface area contributed by atoms with Gasteiger partial charge >= 0.3 is 5.97 Å². The molecule has 0 amide bonds. The van der Waals surface area contributed by atoms with E-state index in [2.05, 4.69) is 29.2 Å². The van der Waals surface area contributed by atoms with Crippen molar-refractivity contribution in [2.24, 2.45) is 0 Å². The van der Waals surface area contributed by atoms with Crippen molar-refractivity contribution in [3.63, 3.8) is 0 Å². The Kier molecular flexibility index (Phi) is 3.87. The van der Waals surface area contributed by atoms with E-state index in [4.69, 9.17) is 9.84 Å². The zero-order valence-electron chi connectivity index (χ0n) is 13.6. The third kappa shape index (κ3) is 2.72. The summed E-state index contributed by atoms with van der Waals surface area (Å²) in [5, 5.41) is 9.16. The van der Waals surface area contributed by atoms with Crippen molar-refractivity contribution in [2.75, 3.05) is 13.1 Å². The van der Waals surface area contributed by atoms with Gasteiger partial charge in [-0.05, 0) is 48.2 Å². The number of nitrogens with zero attached hydrogens (tertiary/aromatic N) is 1. The number of fused-ring (bicyclic) bond motifs is 2. The van der Waals surface area contributed by atoms with E-state index >= 15 is 0 Å². The largest absolute Gasteiger partial charge is 0.478 e. The Morgan fingerprint density at radius 3 is 2.96 bits per heavy atom. The zero-order chi connectivity index (χ0) is 16.6. The van der Waals surface area contributed by atoms with Crippen LogP contribution in [0.2, 0.25) is 0 Å². The molecule has 1 N–H and O–H groups in total. The molecular weight excluding hydrogens is 302 g/mol. The Hall–Kier alpha value is -2.17. The second kappa shape index (κ2) is 6.04. The van der Waals surface area contributed by atoms with Crippen molar-refractivity contribution in [1.29, 1.82) is 0 Å². The lowest BCUT2D eigenvalue weighted by Crippen LogP contribution is -2.45. The summed E-state index contributed by atoms with van der Waals surface area (Å²) in [6.07, 6.45) is 2.14. The molecule has 124 valence electrons. The summed E-state index contributed by atoms with van der Waals surface area (Å²) >= 11 is 0. The summed E-state index contributed by atoms with van der Waals surface area (Å²) in [4.78, 5) is 13.5. The van der Waals surface area contributed by atoms with Crippen molar-refractivity contribution < 1.29 is 14.6 Å². The van der Waals surface area contributed by atoms with Crippen molar-refractivity contribution in [3.8, 4) is 0 Å². The molecule has 1 spiro atoms. The molecule has 2 aliphatic heterocycles. The molecule has 2 aromatic carbocycles. The summed E-state index contributed by atoms with van der Waals surface area (Å²) in [6.45, 7) is 3.33. The van der Waals surface area contributed by atoms with Crippen LogP contribution >= 0.6 is 0 Å². The molecule has 2 aliphatic rings. The minimum atomic E-state index is -0.875. The second-order valence-corrected chi connectivity index (χ2v) is 6.76. The first-order chi connectivity index (χ1) is 11.7. The Labute approximate surface area is 141 Å². The van der Waals surface area contributed by atoms with Crippen LogP contribution < -0.4 is 0 Å². The summed E-state index contributed by atoms with van der Waals surface area (Å²) in [6, 6.07) is 15.7. The third-order valence-electron chi connectivity index (χ3n) is 5.13. The molecule has 0 bridgehead atoms. The molecule has 2 heterocycles. The standard InChI is InChI=1S/C20H21NO3/c22-19(23)16-7-3-5-15(11-16)12-21-10-4-9-20(14-21)18-8-2-1-6-17(18)13-24-20/h1-3,5-8,11H,4,9-10,12-14H2,(H,22,23). The number of benzene rings is 2. The smallest absolute Gasteiger partial charge is 0.335 e. The van der Waals surface area contributed by atoms with Crippen LogP contribution in [0.5, 0.6) is 0 Å². The van der Waals surface area contributed by atoms with Crippen LogP contribution in [0.15, 0.2) is 48.5 Å². The van der Waals surface area contributed by atoms with Crippen molar-refractivity contribution in [3.05, 3.63) is 70.8 Å². The first-order valence-electron chi connectivity index (χ1n) is 8.43. The molecule has 4 rings (SSSR count). The first-order valence-corrected chi connectivity index (χ1v) is 8.43. The zero-order valence-corrected chi connectivity index (χ0v) is 13.6. The van der Waals surface area contributed by atoms with Crippen LogP contribution in [0, 0.1) is 0 Å². The predicted octanol–water partition coefficient (Wildman–Crippen LogP) is 3.41. The van der Waals surface area contributed by atoms with Gasteiger partial charge in [-0.15, -0.1) is 0 Å². The number of aromatic carboxylic acids is 1. The Balaban J connectivity index is 1.54. The highest BCUT2D eigenvalue weighted by atomic mass is 16.5. The molecule has 4 nitrogen and oxygen atoms in total. The highest BCUT2D eigenvalue weighted by Gasteiger charge is 2.43. The number of hydrogen-bond donors (Lipinski definition) is 1. The van der Waals surface area contributed by atoms with E-state index < -0.39 is 5.97 Å². The van der Waals surface area contributed by atoms with Gasteiger partial charge in [0, 0.05) is 13.1 Å². The fraction of sp³-hybridized carbons (Fsp3) is 0.350. The lowest BCUT2D eigenvalue weighted by molar-refractivity contribution is -0.0871. The lowest BCUT2D eigenvalue weighted by atomic mass is 9.85. The van der Waals surface area contributed by atoms with Gasteiger partial charge in [0.1, 0.15) is 5.60 Å². The van der Waals surface area contributed by atoms with Gasteiger partial charge < -0.3 is 9.84 Å². The summed E-state index contributed by atoms with van der Waals surface area (Å²) in [7, 11) is 0. The van der Waals surface area contributed by atoms with E-state index in [1.165, 1.54) is 11.1 Å². The van der Waals surface area contributed by atoms with Gasteiger partial charge in [0.2, 0.25) is 0 Å². The van der Waals surface area contributed by atoms with Gasteiger partial charge in [-0.3, -0.25) is 4.90 Å². The quantitative estimate of drug-likeness (QED) is 0.940. The van der Waals surface area contributed by atoms with Crippen molar-refractivity contribution in [1.82, 2.24) is 4.90 Å². The summed E-state index contributed by atoms with van der Waals surface area (Å²) < 4.78 is 6.25. The Morgan fingerprint density at radius 1 is 1.21 bits per heavy atom. The van der Waals surface area contributed by atoms with E-state index in [9.17, 15) is 4.79 Å². The number of likely N-dealkylation sites (tertiary alicyclic amines) is 1. The van der Waals surface area contributed by atoms with E-state index in [0.29, 0.717) is 12.2 Å². The first kappa shape index (κ1) is 15.4. The monoisotopic (exact) mass is 323 g/mol. The van der Waals surface area contributed by atoms with Crippen molar-refractivity contribution >= 4 is 5.97 Å². The second-order valence-electron chi connectivity index (χ2n) is 6.76. The maximum absolute atomic E-state index is 11.2. The van der Waals surface area contributed by atoms with Crippen LogP contribution in [-0.4, -0.2) is 29.1 Å². The summed E-state index contributed by atoms with van der Waals surface area (Å²) in [5.74, 6) is -0.875. The molecule has 1 atom stereocenters. The molecule has 0 aromatic heterocycles. The molecule has 0 aliphatic carbocycles. The van der Waals surface area contributed by atoms with Crippen LogP contribution in [0.1, 0.15) is 39.9 Å².